The number of benzene rings is 2. The second-order valence-electron chi connectivity index (χ2n) is 3.26. The molecule has 0 atom stereocenters. The molecule has 0 aliphatic carbocycles. The maximum Gasteiger partial charge on any atom is 0.247 e. The monoisotopic (exact) mass is 314 g/mol. The number of fused-ring (bicyclic) bond motifs is 1. The van der Waals surface area contributed by atoms with Crippen LogP contribution in [0.25, 0.3) is 10.8 Å². The standard InChI is InChI=1S/C13H11NO.3K/c1-2-13(15)14-12-8-7-10-5-3-4-6-11(10)9-12;;;/h2-9H,1H2,(H,14,15);;;. The first kappa shape index (κ1) is 23.1. The van der Waals surface area contributed by atoms with Gasteiger partial charge in [0.1, 0.15) is 0 Å². The molecule has 0 heterocycles. The number of nitrogens with one attached hydrogen (secondary N) is 1. The maximum absolute atomic E-state index is 11.1. The average molecular weight is 315 g/mol. The van der Waals surface area contributed by atoms with Crippen molar-refractivity contribution in [3.05, 3.63) is 55.1 Å². The number of anilines is 1. The van der Waals surface area contributed by atoms with Crippen molar-refractivity contribution in [1.29, 1.82) is 0 Å². The summed E-state index contributed by atoms with van der Waals surface area (Å²) in [7, 11) is 0. The number of carbonyl (C=O) groups is 1. The predicted octanol–water partition coefficient (Wildman–Crippen LogP) is 1.82. The zero-order valence-corrected chi connectivity index (χ0v) is 20.6. The average Bonchev–Trinajstić information content (AvgIpc) is 2.29. The van der Waals surface area contributed by atoms with E-state index in [-0.39, 0.29) is 160 Å². The molecule has 1 N–H and O–H groups in total. The maximum atomic E-state index is 11.1. The first-order valence-electron chi connectivity index (χ1n) is 4.72. The minimum absolute atomic E-state index is 0. The van der Waals surface area contributed by atoms with Crippen molar-refractivity contribution in [1.82, 2.24) is 0 Å². The van der Waals surface area contributed by atoms with E-state index in [1.54, 1.807) is 0 Å². The second kappa shape index (κ2) is 12.4. The van der Waals surface area contributed by atoms with E-state index in [2.05, 4.69) is 11.9 Å². The van der Waals surface area contributed by atoms with E-state index in [1.807, 2.05) is 42.5 Å². The molecule has 77 valence electrons. The van der Waals surface area contributed by atoms with Gasteiger partial charge in [0.2, 0.25) is 5.91 Å². The van der Waals surface area contributed by atoms with Gasteiger partial charge >= 0.3 is 0 Å². The Morgan fingerprint density at radius 3 is 2.22 bits per heavy atom. The summed E-state index contributed by atoms with van der Waals surface area (Å²) >= 11 is 0. The molecule has 0 aliphatic rings. The Bertz CT molecular complexity index is 528. The zero-order valence-electron chi connectivity index (χ0n) is 11.2. The van der Waals surface area contributed by atoms with Crippen LogP contribution < -0.4 is 5.32 Å². The minimum atomic E-state index is -0.190. The summed E-state index contributed by atoms with van der Waals surface area (Å²) in [5.74, 6) is -0.190. The van der Waals surface area contributed by atoms with Crippen molar-refractivity contribution < 1.29 is 4.79 Å². The van der Waals surface area contributed by atoms with Crippen LogP contribution in [0.5, 0.6) is 0 Å². The summed E-state index contributed by atoms with van der Waals surface area (Å²) in [5, 5.41) is 5.00. The first-order valence-corrected chi connectivity index (χ1v) is 4.72. The molecule has 0 unspecified atom stereocenters. The molecule has 0 saturated carbocycles. The Kier molecular flexibility index (Phi) is 15.9. The summed E-state index contributed by atoms with van der Waals surface area (Å²) in [5.41, 5.74) is 0.790. The predicted molar refractivity (Wildman–Crippen MR) is 80.0 cm³/mol. The number of hydrogen-bond donors (Lipinski definition) is 1. The number of amides is 1. The van der Waals surface area contributed by atoms with Crippen molar-refractivity contribution >= 4 is 177 Å². The van der Waals surface area contributed by atoms with Gasteiger partial charge < -0.3 is 5.32 Å². The van der Waals surface area contributed by atoms with Crippen LogP contribution in [0, 0.1) is 0 Å². The smallest absolute Gasteiger partial charge is 0.247 e. The molecular formula is C13H11K3NO. The summed E-state index contributed by atoms with van der Waals surface area (Å²) in [6, 6.07) is 13.8. The minimum Gasteiger partial charge on any atom is -0.323 e. The molecule has 3 radical (unpaired) electrons. The normalized spacial score (nSPS) is 8.22. The molecule has 0 saturated heterocycles. The van der Waals surface area contributed by atoms with Crippen LogP contribution in [0.3, 0.4) is 0 Å². The Hall–Kier alpha value is 2.82. The van der Waals surface area contributed by atoms with Crippen LogP contribution in [-0.2, 0) is 4.79 Å². The molecule has 0 aromatic heterocycles. The van der Waals surface area contributed by atoms with Crippen molar-refractivity contribution in [3.8, 4) is 0 Å². The molecule has 0 bridgehead atoms. The Labute approximate surface area is 235 Å². The third kappa shape index (κ3) is 7.19. The number of carbonyl (C=O) groups excluding carboxylic acids is 1. The zero-order chi connectivity index (χ0) is 10.7. The van der Waals surface area contributed by atoms with Crippen molar-refractivity contribution in [2.24, 2.45) is 0 Å². The number of rotatable bonds is 2. The Balaban J connectivity index is 0. The number of hydrogen-bond acceptors (Lipinski definition) is 1. The van der Waals surface area contributed by atoms with Gasteiger partial charge in [-0.2, -0.15) is 0 Å². The fourth-order valence-electron chi connectivity index (χ4n) is 1.46. The molecular weight excluding hydrogens is 303 g/mol. The Morgan fingerprint density at radius 1 is 1.00 bits per heavy atom. The molecule has 0 spiro atoms. The van der Waals surface area contributed by atoms with E-state index in [4.69, 9.17) is 0 Å². The van der Waals surface area contributed by atoms with E-state index in [0.717, 1.165) is 16.5 Å². The van der Waals surface area contributed by atoms with Gasteiger partial charge in [0.15, 0.2) is 0 Å². The molecule has 2 aromatic carbocycles. The van der Waals surface area contributed by atoms with Gasteiger partial charge in [-0.05, 0) is 29.0 Å². The van der Waals surface area contributed by atoms with Crippen LogP contribution >= 0.6 is 0 Å². The largest absolute Gasteiger partial charge is 0.323 e. The van der Waals surface area contributed by atoms with Crippen molar-refractivity contribution in [2.75, 3.05) is 5.32 Å². The molecule has 5 heteroatoms. The summed E-state index contributed by atoms with van der Waals surface area (Å²) in [6.07, 6.45) is 1.26. The van der Waals surface area contributed by atoms with E-state index >= 15 is 0 Å². The molecule has 18 heavy (non-hydrogen) atoms. The van der Waals surface area contributed by atoms with Gasteiger partial charge in [0, 0.05) is 160 Å². The second-order valence-corrected chi connectivity index (χ2v) is 3.26. The van der Waals surface area contributed by atoms with Gasteiger partial charge in [-0.25, -0.2) is 0 Å². The third-order valence-electron chi connectivity index (χ3n) is 2.20. The van der Waals surface area contributed by atoms with E-state index in [9.17, 15) is 4.79 Å². The summed E-state index contributed by atoms with van der Waals surface area (Å²) < 4.78 is 0. The van der Waals surface area contributed by atoms with Crippen LogP contribution in [0.2, 0.25) is 0 Å². The van der Waals surface area contributed by atoms with Gasteiger partial charge in [-0.1, -0.05) is 36.9 Å². The fourth-order valence-corrected chi connectivity index (χ4v) is 1.46. The molecule has 2 rings (SSSR count). The van der Waals surface area contributed by atoms with E-state index < -0.39 is 0 Å². The summed E-state index contributed by atoms with van der Waals surface area (Å²) in [4.78, 5) is 11.1. The van der Waals surface area contributed by atoms with Gasteiger partial charge in [0.05, 0.1) is 0 Å². The molecule has 2 nitrogen and oxygen atoms in total. The SMILES string of the molecule is C=CC(=O)Nc1ccc2ccccc2c1.[K].[K].[K]. The molecule has 0 fully saturated rings. The van der Waals surface area contributed by atoms with E-state index in [1.165, 1.54) is 6.08 Å². The molecule has 1 amide bonds. The first-order chi connectivity index (χ1) is 7.29. The van der Waals surface area contributed by atoms with Crippen LogP contribution in [0.4, 0.5) is 5.69 Å². The summed E-state index contributed by atoms with van der Waals surface area (Å²) in [6.45, 7) is 3.41. The van der Waals surface area contributed by atoms with Gasteiger partial charge in [-0.3, -0.25) is 4.79 Å². The topological polar surface area (TPSA) is 29.1 Å². The van der Waals surface area contributed by atoms with E-state index in [0.29, 0.717) is 0 Å². The van der Waals surface area contributed by atoms with Crippen LogP contribution in [0.15, 0.2) is 55.1 Å². The molecule has 0 aliphatic heterocycles. The quantitative estimate of drug-likeness (QED) is 0.665. The van der Waals surface area contributed by atoms with Gasteiger partial charge in [-0.15, -0.1) is 0 Å². The van der Waals surface area contributed by atoms with Crippen molar-refractivity contribution in [3.63, 3.8) is 0 Å². The van der Waals surface area contributed by atoms with Crippen LogP contribution in [0.1, 0.15) is 0 Å². The van der Waals surface area contributed by atoms with Crippen LogP contribution in [-0.4, -0.2) is 160 Å². The Morgan fingerprint density at radius 2 is 1.61 bits per heavy atom. The van der Waals surface area contributed by atoms with Crippen molar-refractivity contribution in [2.45, 2.75) is 0 Å². The fraction of sp³-hybridized carbons (Fsp3) is 0. The van der Waals surface area contributed by atoms with Gasteiger partial charge in [0.25, 0.3) is 0 Å². The third-order valence-corrected chi connectivity index (χ3v) is 2.20. The molecule has 2 aromatic rings.